The van der Waals surface area contributed by atoms with Gasteiger partial charge in [0, 0.05) is 0 Å². The summed E-state index contributed by atoms with van der Waals surface area (Å²) in [5, 5.41) is 11.3. The predicted molar refractivity (Wildman–Crippen MR) is 63.3 cm³/mol. The molecule has 0 aromatic heterocycles. The molecule has 0 saturated heterocycles. The Morgan fingerprint density at radius 2 is 2.14 bits per heavy atom. The van der Waals surface area contributed by atoms with Crippen molar-refractivity contribution < 1.29 is 5.21 Å². The number of allylic oxidation sites excluding steroid dienone is 1. The van der Waals surface area contributed by atoms with Gasteiger partial charge in [0.05, 0.1) is 6.21 Å². The van der Waals surface area contributed by atoms with Gasteiger partial charge in [-0.15, -0.1) is 0 Å². The van der Waals surface area contributed by atoms with Crippen molar-refractivity contribution >= 4 is 24.9 Å². The Hall–Kier alpha value is -1.22. The summed E-state index contributed by atoms with van der Waals surface area (Å²) in [6.45, 7) is 0. The molecule has 0 radical (unpaired) electrons. The molecule has 0 aliphatic rings. The molecule has 0 atom stereocenters. The van der Waals surface area contributed by atoms with E-state index in [0.717, 1.165) is 23.3 Å². The quantitative estimate of drug-likeness (QED) is 0.338. The Morgan fingerprint density at radius 1 is 1.36 bits per heavy atom. The number of hydrogen-bond acceptors (Lipinski definition) is 3. The van der Waals surface area contributed by atoms with Crippen LogP contribution in [0.4, 0.5) is 0 Å². The summed E-state index contributed by atoms with van der Waals surface area (Å²) in [4.78, 5) is 0. The van der Waals surface area contributed by atoms with Gasteiger partial charge in [-0.25, -0.2) is 0 Å². The molecule has 2 nitrogen and oxygen atoms in total. The molecule has 1 aromatic rings. The summed E-state index contributed by atoms with van der Waals surface area (Å²) in [7, 11) is 0. The first kappa shape index (κ1) is 10.9. The largest absolute Gasteiger partial charge is 0.411 e. The van der Waals surface area contributed by atoms with E-state index in [1.165, 1.54) is 6.21 Å². The Bertz CT molecular complexity index is 334. The third-order valence-corrected chi connectivity index (χ3v) is 1.98. The normalized spacial score (nSPS) is 11.5. The minimum Gasteiger partial charge on any atom is -0.411 e. The van der Waals surface area contributed by atoms with E-state index in [1.54, 1.807) is 0 Å². The van der Waals surface area contributed by atoms with Gasteiger partial charge in [-0.1, -0.05) is 35.5 Å². The van der Waals surface area contributed by atoms with Crippen molar-refractivity contribution in [3.05, 3.63) is 41.5 Å². The monoisotopic (exact) mass is 207 g/mol. The molecule has 0 aliphatic carbocycles. The highest BCUT2D eigenvalue weighted by Crippen LogP contribution is 2.06. The van der Waals surface area contributed by atoms with Crippen LogP contribution in [0.2, 0.25) is 0 Å². The second-order valence-corrected chi connectivity index (χ2v) is 3.28. The van der Waals surface area contributed by atoms with Crippen molar-refractivity contribution in [3.63, 3.8) is 0 Å². The lowest BCUT2D eigenvalue weighted by atomic mass is 10.1. The highest BCUT2D eigenvalue weighted by Gasteiger charge is 1.89. The summed E-state index contributed by atoms with van der Waals surface area (Å²) < 4.78 is 0. The molecule has 0 amide bonds. The van der Waals surface area contributed by atoms with E-state index in [4.69, 9.17) is 5.21 Å². The zero-order valence-corrected chi connectivity index (χ0v) is 8.69. The molecule has 0 heterocycles. The average Bonchev–Trinajstić information content (AvgIpc) is 2.19. The van der Waals surface area contributed by atoms with Crippen molar-refractivity contribution in [1.82, 2.24) is 0 Å². The zero-order chi connectivity index (χ0) is 10.2. The number of hydrogen-bond donors (Lipinski definition) is 2. The molecule has 0 spiro atoms. The molecule has 0 saturated carbocycles. The molecule has 0 aliphatic heterocycles. The van der Waals surface area contributed by atoms with Crippen LogP contribution in [0.25, 0.3) is 6.08 Å². The highest BCUT2D eigenvalue weighted by molar-refractivity contribution is 7.80. The molecular formula is C11H13NOS. The van der Waals surface area contributed by atoms with Crippen LogP contribution in [0.3, 0.4) is 0 Å². The second kappa shape index (κ2) is 6.27. The third kappa shape index (κ3) is 3.66. The molecule has 1 aromatic carbocycles. The molecule has 1 rings (SSSR count). The van der Waals surface area contributed by atoms with Crippen LogP contribution in [0, 0.1) is 0 Å². The standard InChI is InChI=1S/C11H13NOS/c13-12-9-11-6-3-5-10(8-11)4-1-2-7-14/h1,3-6,8-9,13-14H,2,7H2. The summed E-state index contributed by atoms with van der Waals surface area (Å²) in [5.74, 6) is 0.855. The lowest BCUT2D eigenvalue weighted by Gasteiger charge is -1.95. The second-order valence-electron chi connectivity index (χ2n) is 2.83. The summed E-state index contributed by atoms with van der Waals surface area (Å²) in [6.07, 6.45) is 6.48. The Labute approximate surface area is 89.4 Å². The van der Waals surface area contributed by atoms with Crippen LogP contribution >= 0.6 is 12.6 Å². The molecular weight excluding hydrogens is 194 g/mol. The molecule has 0 fully saturated rings. The molecule has 1 N–H and O–H groups in total. The lowest BCUT2D eigenvalue weighted by molar-refractivity contribution is 0.322. The van der Waals surface area contributed by atoms with Crippen molar-refractivity contribution in [1.29, 1.82) is 0 Å². The number of nitrogens with zero attached hydrogens (tertiary/aromatic N) is 1. The number of benzene rings is 1. The number of oxime groups is 1. The van der Waals surface area contributed by atoms with E-state index in [1.807, 2.05) is 30.3 Å². The minimum atomic E-state index is 0.855. The Morgan fingerprint density at radius 3 is 2.86 bits per heavy atom. The fourth-order valence-corrected chi connectivity index (χ4v) is 1.25. The van der Waals surface area contributed by atoms with Crippen molar-refractivity contribution in [2.24, 2.45) is 5.16 Å². The van der Waals surface area contributed by atoms with Crippen molar-refractivity contribution in [3.8, 4) is 0 Å². The summed E-state index contributed by atoms with van der Waals surface area (Å²) in [6, 6.07) is 7.77. The first-order chi connectivity index (χ1) is 6.86. The Kier molecular flexibility index (Phi) is 4.86. The number of rotatable bonds is 4. The maximum Gasteiger partial charge on any atom is 0.0734 e. The van der Waals surface area contributed by atoms with Gasteiger partial charge in [-0.2, -0.15) is 12.6 Å². The van der Waals surface area contributed by atoms with Crippen LogP contribution in [0.15, 0.2) is 35.5 Å². The molecule has 0 unspecified atom stereocenters. The fourth-order valence-electron chi connectivity index (χ4n) is 1.10. The molecule has 14 heavy (non-hydrogen) atoms. The van der Waals surface area contributed by atoms with Gasteiger partial charge >= 0.3 is 0 Å². The minimum absolute atomic E-state index is 0.855. The van der Waals surface area contributed by atoms with Crippen LogP contribution in [-0.2, 0) is 0 Å². The van der Waals surface area contributed by atoms with E-state index in [0.29, 0.717) is 0 Å². The summed E-state index contributed by atoms with van der Waals surface area (Å²) >= 11 is 4.12. The van der Waals surface area contributed by atoms with E-state index in [9.17, 15) is 0 Å². The fraction of sp³-hybridized carbons (Fsp3) is 0.182. The van der Waals surface area contributed by atoms with Gasteiger partial charge in [0.2, 0.25) is 0 Å². The summed E-state index contributed by atoms with van der Waals surface area (Å²) in [5.41, 5.74) is 1.99. The lowest BCUT2D eigenvalue weighted by Crippen LogP contribution is -1.81. The SMILES string of the molecule is ON=Cc1cccc(C=CCCS)c1. The topological polar surface area (TPSA) is 32.6 Å². The van der Waals surface area contributed by atoms with E-state index in [2.05, 4.69) is 23.9 Å². The first-order valence-electron chi connectivity index (χ1n) is 4.41. The van der Waals surface area contributed by atoms with Crippen molar-refractivity contribution in [2.45, 2.75) is 6.42 Å². The third-order valence-electron chi connectivity index (χ3n) is 1.72. The zero-order valence-electron chi connectivity index (χ0n) is 7.80. The van der Waals surface area contributed by atoms with Crippen LogP contribution < -0.4 is 0 Å². The van der Waals surface area contributed by atoms with Crippen LogP contribution in [0.5, 0.6) is 0 Å². The van der Waals surface area contributed by atoms with Gasteiger partial charge < -0.3 is 5.21 Å². The number of thiol groups is 1. The van der Waals surface area contributed by atoms with E-state index < -0.39 is 0 Å². The van der Waals surface area contributed by atoms with Gasteiger partial charge in [0.1, 0.15) is 0 Å². The maximum atomic E-state index is 8.37. The highest BCUT2D eigenvalue weighted by atomic mass is 32.1. The van der Waals surface area contributed by atoms with Crippen molar-refractivity contribution in [2.75, 3.05) is 5.75 Å². The van der Waals surface area contributed by atoms with Crippen LogP contribution in [0.1, 0.15) is 17.5 Å². The Balaban J connectivity index is 2.73. The predicted octanol–water partition coefficient (Wildman–Crippen LogP) is 2.83. The average molecular weight is 207 g/mol. The van der Waals surface area contributed by atoms with Gasteiger partial charge in [0.25, 0.3) is 0 Å². The van der Waals surface area contributed by atoms with Crippen LogP contribution in [-0.4, -0.2) is 17.2 Å². The molecule has 74 valence electrons. The van der Waals surface area contributed by atoms with Gasteiger partial charge in [-0.05, 0) is 29.4 Å². The molecule has 3 heteroatoms. The maximum absolute atomic E-state index is 8.37. The first-order valence-corrected chi connectivity index (χ1v) is 5.05. The van der Waals surface area contributed by atoms with Gasteiger partial charge in [0.15, 0.2) is 0 Å². The molecule has 0 bridgehead atoms. The smallest absolute Gasteiger partial charge is 0.0734 e. The van der Waals surface area contributed by atoms with Gasteiger partial charge in [-0.3, -0.25) is 0 Å². The van der Waals surface area contributed by atoms with E-state index >= 15 is 0 Å². The van der Waals surface area contributed by atoms with E-state index in [-0.39, 0.29) is 0 Å².